The molecule has 2 aliphatic heterocycles. The Morgan fingerprint density at radius 1 is 1.23 bits per heavy atom. The number of carbonyl (C=O) groups is 1. The minimum atomic E-state index is 0.0999. The maximum atomic E-state index is 11.6. The molecule has 2 aromatic rings. The smallest absolute Gasteiger partial charge is 0.233 e. The predicted octanol–water partition coefficient (Wildman–Crippen LogP) is 2.22. The molecule has 3 N–H and O–H groups in total. The molecule has 0 bridgehead atoms. The van der Waals surface area contributed by atoms with Gasteiger partial charge in [0.1, 0.15) is 0 Å². The molecule has 0 spiro atoms. The first-order valence-corrected chi connectivity index (χ1v) is 10.6. The van der Waals surface area contributed by atoms with E-state index in [1.165, 1.54) is 11.2 Å². The van der Waals surface area contributed by atoms with E-state index in [9.17, 15) is 4.79 Å². The first-order chi connectivity index (χ1) is 12.7. The van der Waals surface area contributed by atoms with Gasteiger partial charge in [-0.25, -0.2) is 5.10 Å². The summed E-state index contributed by atoms with van der Waals surface area (Å²) in [4.78, 5) is 11.6. The van der Waals surface area contributed by atoms with E-state index in [-0.39, 0.29) is 11.2 Å². The molecule has 4 rings (SSSR count). The van der Waals surface area contributed by atoms with Gasteiger partial charge in [-0.1, -0.05) is 12.1 Å². The van der Waals surface area contributed by atoms with Crippen LogP contribution < -0.4 is 15.1 Å². The molecule has 0 saturated carbocycles. The number of amides is 1. The highest BCUT2D eigenvalue weighted by Gasteiger charge is 2.35. The standard InChI is InChI=1S/C19H27N5OS/c1-14-19(25)21-17(26-14)8-4-5-11-24(12-9-20-10-13-24)18-15-6-2-3-7-16(15)22-23-18/h2-3,6-7,14,17,20H,4-5,8-13H2,1H3,(H-,21,22,23,25)/p+1. The van der Waals surface area contributed by atoms with Crippen molar-refractivity contribution in [3.8, 4) is 0 Å². The summed E-state index contributed by atoms with van der Waals surface area (Å²) in [7, 11) is 0. The van der Waals surface area contributed by atoms with Gasteiger partial charge < -0.3 is 10.6 Å². The van der Waals surface area contributed by atoms with Crippen LogP contribution >= 0.6 is 11.8 Å². The molecule has 0 aliphatic carbocycles. The molecule has 2 aliphatic rings. The number of piperazine rings is 1. The molecule has 1 aromatic heterocycles. The second-order valence-corrected chi connectivity index (χ2v) is 8.97. The third-order valence-electron chi connectivity index (χ3n) is 5.69. The van der Waals surface area contributed by atoms with Gasteiger partial charge in [0.25, 0.3) is 0 Å². The van der Waals surface area contributed by atoms with Gasteiger partial charge in [0.05, 0.1) is 41.2 Å². The van der Waals surface area contributed by atoms with Crippen molar-refractivity contribution < 1.29 is 4.79 Å². The van der Waals surface area contributed by atoms with E-state index in [4.69, 9.17) is 0 Å². The molecule has 2 unspecified atom stereocenters. The fourth-order valence-electron chi connectivity index (χ4n) is 4.19. The molecular weight excluding hydrogens is 346 g/mol. The summed E-state index contributed by atoms with van der Waals surface area (Å²) >= 11 is 1.77. The minimum Gasteiger partial charge on any atom is -0.343 e. The van der Waals surface area contributed by atoms with Gasteiger partial charge in [-0.05, 0) is 38.3 Å². The summed E-state index contributed by atoms with van der Waals surface area (Å²) in [5.74, 6) is 1.45. The number of aromatic amines is 1. The largest absolute Gasteiger partial charge is 0.343 e. The van der Waals surface area contributed by atoms with Crippen molar-refractivity contribution in [3.63, 3.8) is 0 Å². The quantitative estimate of drug-likeness (QED) is 0.536. The number of hydrogen-bond acceptors (Lipinski definition) is 4. The van der Waals surface area contributed by atoms with Crippen LogP contribution in [0.2, 0.25) is 0 Å². The van der Waals surface area contributed by atoms with Crippen LogP contribution in [0.1, 0.15) is 26.2 Å². The number of thioether (sulfide) groups is 1. The van der Waals surface area contributed by atoms with E-state index in [1.807, 2.05) is 13.0 Å². The fraction of sp³-hybridized carbons (Fsp3) is 0.579. The summed E-state index contributed by atoms with van der Waals surface area (Å²) in [5.41, 5.74) is 1.05. The van der Waals surface area contributed by atoms with Crippen LogP contribution in [0.25, 0.3) is 10.9 Å². The van der Waals surface area contributed by atoms with Crippen molar-refractivity contribution in [1.29, 1.82) is 0 Å². The van der Waals surface area contributed by atoms with Gasteiger partial charge in [-0.3, -0.25) is 9.28 Å². The second kappa shape index (κ2) is 7.58. The van der Waals surface area contributed by atoms with Crippen LogP contribution in [0.4, 0.5) is 5.82 Å². The van der Waals surface area contributed by atoms with E-state index in [0.717, 1.165) is 62.0 Å². The number of fused-ring (bicyclic) bond motifs is 1. The zero-order valence-electron chi connectivity index (χ0n) is 15.3. The number of carbonyl (C=O) groups excluding carboxylic acids is 1. The zero-order valence-corrected chi connectivity index (χ0v) is 16.1. The van der Waals surface area contributed by atoms with Gasteiger partial charge in [0.15, 0.2) is 0 Å². The molecule has 3 heterocycles. The monoisotopic (exact) mass is 374 g/mol. The molecule has 140 valence electrons. The number of rotatable bonds is 6. The molecular formula is C19H28N5OS+. The molecule has 2 atom stereocenters. The molecule has 7 heteroatoms. The van der Waals surface area contributed by atoms with Crippen molar-refractivity contribution in [2.45, 2.75) is 36.8 Å². The minimum absolute atomic E-state index is 0.0999. The van der Waals surface area contributed by atoms with Crippen LogP contribution in [0, 0.1) is 0 Å². The van der Waals surface area contributed by atoms with Crippen LogP contribution in [0.5, 0.6) is 0 Å². The van der Waals surface area contributed by atoms with Crippen molar-refractivity contribution in [2.75, 3.05) is 32.7 Å². The van der Waals surface area contributed by atoms with Crippen LogP contribution in [0.3, 0.4) is 0 Å². The molecule has 26 heavy (non-hydrogen) atoms. The summed E-state index contributed by atoms with van der Waals surface area (Å²) in [5, 5.41) is 16.1. The molecule has 2 saturated heterocycles. The van der Waals surface area contributed by atoms with Gasteiger partial charge >= 0.3 is 0 Å². The first kappa shape index (κ1) is 17.8. The van der Waals surface area contributed by atoms with Crippen molar-refractivity contribution in [1.82, 2.24) is 25.3 Å². The average molecular weight is 375 g/mol. The highest BCUT2D eigenvalue weighted by Crippen LogP contribution is 2.31. The van der Waals surface area contributed by atoms with E-state index in [0.29, 0.717) is 5.37 Å². The zero-order chi connectivity index (χ0) is 18.0. The number of quaternary nitrogens is 1. The number of nitrogens with zero attached hydrogens (tertiary/aromatic N) is 2. The number of hydrogen-bond donors (Lipinski definition) is 3. The lowest BCUT2D eigenvalue weighted by Gasteiger charge is -2.40. The van der Waals surface area contributed by atoms with Crippen LogP contribution in [-0.4, -0.2) is 59.5 Å². The Morgan fingerprint density at radius 2 is 2.04 bits per heavy atom. The van der Waals surface area contributed by atoms with Gasteiger partial charge in [-0.2, -0.15) is 5.10 Å². The fourth-order valence-corrected chi connectivity index (χ4v) is 5.36. The lowest BCUT2D eigenvalue weighted by Crippen LogP contribution is -2.60. The van der Waals surface area contributed by atoms with E-state index >= 15 is 0 Å². The molecule has 0 radical (unpaired) electrons. The number of nitrogens with one attached hydrogen (secondary N) is 3. The van der Waals surface area contributed by atoms with E-state index in [2.05, 4.69) is 39.0 Å². The lowest BCUT2D eigenvalue weighted by atomic mass is 10.1. The number of benzene rings is 1. The highest BCUT2D eigenvalue weighted by molar-refractivity contribution is 8.01. The summed E-state index contributed by atoms with van der Waals surface area (Å²) in [6, 6.07) is 8.41. The van der Waals surface area contributed by atoms with Crippen molar-refractivity contribution in [3.05, 3.63) is 24.3 Å². The van der Waals surface area contributed by atoms with Crippen LogP contribution in [0.15, 0.2) is 24.3 Å². The van der Waals surface area contributed by atoms with E-state index < -0.39 is 0 Å². The highest BCUT2D eigenvalue weighted by atomic mass is 32.2. The molecule has 1 aromatic carbocycles. The topological polar surface area (TPSA) is 69.8 Å². The van der Waals surface area contributed by atoms with Crippen LogP contribution in [-0.2, 0) is 4.79 Å². The van der Waals surface area contributed by atoms with Gasteiger partial charge in [0.2, 0.25) is 11.7 Å². The number of unbranched alkanes of at least 4 members (excludes halogenated alkanes) is 1. The third-order valence-corrected chi connectivity index (χ3v) is 7.00. The maximum Gasteiger partial charge on any atom is 0.233 e. The summed E-state index contributed by atoms with van der Waals surface area (Å²) in [6.07, 6.45) is 3.36. The SMILES string of the molecule is CC1SC(CCCC[N+]2(c3[nH]nc4ccccc34)CCNCC2)NC1=O. The molecule has 2 fully saturated rings. The lowest BCUT2D eigenvalue weighted by molar-refractivity contribution is -0.119. The Morgan fingerprint density at radius 3 is 2.81 bits per heavy atom. The molecule has 6 nitrogen and oxygen atoms in total. The van der Waals surface area contributed by atoms with E-state index in [1.54, 1.807) is 11.8 Å². The number of H-pyrrole nitrogens is 1. The Bertz CT molecular complexity index is 770. The third kappa shape index (κ3) is 3.48. The van der Waals surface area contributed by atoms with Crippen molar-refractivity contribution in [2.24, 2.45) is 0 Å². The number of para-hydroxylation sites is 1. The summed E-state index contributed by atoms with van der Waals surface area (Å²) < 4.78 is 0.980. The summed E-state index contributed by atoms with van der Waals surface area (Å²) in [6.45, 7) is 7.38. The van der Waals surface area contributed by atoms with Gasteiger partial charge in [0, 0.05) is 13.1 Å². The van der Waals surface area contributed by atoms with Crippen molar-refractivity contribution >= 4 is 34.4 Å². The predicted molar refractivity (Wildman–Crippen MR) is 108 cm³/mol. The Kier molecular flexibility index (Phi) is 5.20. The Balaban J connectivity index is 1.43. The maximum absolute atomic E-state index is 11.6. The van der Waals surface area contributed by atoms with Gasteiger partial charge in [-0.15, -0.1) is 11.8 Å². The Hall–Kier alpha value is -1.57. The second-order valence-electron chi connectivity index (χ2n) is 7.43. The molecule has 1 amide bonds. The Labute approximate surface area is 158 Å². The normalized spacial score (nSPS) is 25.5. The average Bonchev–Trinajstić information content (AvgIpc) is 3.23. The first-order valence-electron chi connectivity index (χ1n) is 9.64. The number of aromatic nitrogens is 2.